The molecule has 112 valence electrons. The monoisotopic (exact) mass is 324 g/mol. The third kappa shape index (κ3) is 2.13. The molecule has 4 amide bonds. The summed E-state index contributed by atoms with van der Waals surface area (Å²) < 4.78 is 0. The van der Waals surface area contributed by atoms with Crippen LogP contribution in [0.25, 0.3) is 0 Å². The lowest BCUT2D eigenvalue weighted by Crippen LogP contribution is -2.19. The summed E-state index contributed by atoms with van der Waals surface area (Å²) in [7, 11) is 0. The van der Waals surface area contributed by atoms with Gasteiger partial charge in [0.15, 0.2) is 0 Å². The van der Waals surface area contributed by atoms with Gasteiger partial charge in [0, 0.05) is 9.79 Å². The summed E-state index contributed by atoms with van der Waals surface area (Å²) in [6.07, 6.45) is 0. The van der Waals surface area contributed by atoms with Gasteiger partial charge in [-0.1, -0.05) is 11.8 Å². The van der Waals surface area contributed by atoms with E-state index in [0.29, 0.717) is 22.3 Å². The number of fused-ring (bicyclic) bond motifs is 2. The van der Waals surface area contributed by atoms with Gasteiger partial charge in [0.25, 0.3) is 23.6 Å². The molecule has 0 bridgehead atoms. The average Bonchev–Trinajstić information content (AvgIpc) is 2.96. The van der Waals surface area contributed by atoms with Crippen LogP contribution in [-0.2, 0) is 0 Å². The van der Waals surface area contributed by atoms with Gasteiger partial charge in [0.2, 0.25) is 0 Å². The molecular formula is C16H8N2O4S. The molecule has 0 spiro atoms. The molecule has 0 saturated carbocycles. The Hall–Kier alpha value is -2.93. The van der Waals surface area contributed by atoms with Crippen LogP contribution in [0.15, 0.2) is 46.2 Å². The Balaban J connectivity index is 1.68. The van der Waals surface area contributed by atoms with E-state index in [2.05, 4.69) is 10.6 Å². The molecule has 0 saturated heterocycles. The first-order valence-corrected chi connectivity index (χ1v) is 7.52. The lowest BCUT2D eigenvalue weighted by atomic mass is 10.1. The number of rotatable bonds is 2. The number of carbonyl (C=O) groups is 4. The van der Waals surface area contributed by atoms with Crippen LogP contribution in [0.5, 0.6) is 0 Å². The Morgan fingerprint density at radius 3 is 1.39 bits per heavy atom. The van der Waals surface area contributed by atoms with Gasteiger partial charge in [-0.2, -0.15) is 0 Å². The smallest absolute Gasteiger partial charge is 0.258 e. The molecule has 2 N–H and O–H groups in total. The lowest BCUT2D eigenvalue weighted by Gasteiger charge is -2.04. The Bertz CT molecular complexity index is 860. The van der Waals surface area contributed by atoms with E-state index in [-0.39, 0.29) is 0 Å². The zero-order valence-electron chi connectivity index (χ0n) is 11.5. The summed E-state index contributed by atoms with van der Waals surface area (Å²) in [5.74, 6) is -1.61. The van der Waals surface area contributed by atoms with Gasteiger partial charge in [-0.3, -0.25) is 29.8 Å². The van der Waals surface area contributed by atoms with E-state index in [1.807, 2.05) is 0 Å². The second kappa shape index (κ2) is 4.79. The molecule has 7 heteroatoms. The molecule has 0 unspecified atom stereocenters. The molecule has 0 radical (unpaired) electrons. The first-order chi connectivity index (χ1) is 11.0. The highest BCUT2D eigenvalue weighted by atomic mass is 32.2. The van der Waals surface area contributed by atoms with Crippen molar-refractivity contribution in [2.45, 2.75) is 9.79 Å². The Morgan fingerprint density at radius 2 is 0.957 bits per heavy atom. The SMILES string of the molecule is O=C1NC(=O)c2cc(Sc3ccc4c(c3)C(=O)NC4=O)ccc21. The van der Waals surface area contributed by atoms with Crippen molar-refractivity contribution < 1.29 is 19.2 Å². The summed E-state index contributed by atoms with van der Waals surface area (Å²) in [4.78, 5) is 47.9. The Morgan fingerprint density at radius 1 is 0.565 bits per heavy atom. The molecule has 2 aliphatic heterocycles. The van der Waals surface area contributed by atoms with Gasteiger partial charge in [-0.15, -0.1) is 0 Å². The third-order valence-electron chi connectivity index (χ3n) is 3.65. The zero-order chi connectivity index (χ0) is 16.1. The molecule has 0 aromatic heterocycles. The van der Waals surface area contributed by atoms with E-state index in [9.17, 15) is 19.2 Å². The van der Waals surface area contributed by atoms with Gasteiger partial charge in [0.1, 0.15) is 0 Å². The van der Waals surface area contributed by atoms with Crippen molar-refractivity contribution in [2.75, 3.05) is 0 Å². The van der Waals surface area contributed by atoms with Crippen molar-refractivity contribution in [3.05, 3.63) is 58.7 Å². The first-order valence-electron chi connectivity index (χ1n) is 6.70. The van der Waals surface area contributed by atoms with Crippen LogP contribution in [0.2, 0.25) is 0 Å². The van der Waals surface area contributed by atoms with Crippen molar-refractivity contribution in [1.29, 1.82) is 0 Å². The van der Waals surface area contributed by atoms with Crippen LogP contribution in [-0.4, -0.2) is 23.6 Å². The average molecular weight is 324 g/mol. The van der Waals surface area contributed by atoms with Gasteiger partial charge in [-0.25, -0.2) is 0 Å². The van der Waals surface area contributed by atoms with E-state index >= 15 is 0 Å². The fourth-order valence-electron chi connectivity index (χ4n) is 2.56. The molecule has 2 heterocycles. The summed E-state index contributed by atoms with van der Waals surface area (Å²) in [5, 5.41) is 4.48. The maximum Gasteiger partial charge on any atom is 0.258 e. The molecule has 0 aliphatic carbocycles. The quantitative estimate of drug-likeness (QED) is 0.819. The van der Waals surface area contributed by atoms with Gasteiger partial charge in [-0.05, 0) is 36.4 Å². The second-order valence-corrected chi connectivity index (χ2v) is 6.23. The second-order valence-electron chi connectivity index (χ2n) is 5.08. The molecular weight excluding hydrogens is 316 g/mol. The molecule has 4 rings (SSSR count). The number of amides is 4. The summed E-state index contributed by atoms with van der Waals surface area (Å²) >= 11 is 1.34. The fraction of sp³-hybridized carbons (Fsp3) is 0. The van der Waals surface area contributed by atoms with Crippen LogP contribution >= 0.6 is 11.8 Å². The molecule has 23 heavy (non-hydrogen) atoms. The normalized spacial score (nSPS) is 15.3. The third-order valence-corrected chi connectivity index (χ3v) is 4.63. The molecule has 2 aromatic carbocycles. The predicted molar refractivity (Wildman–Crippen MR) is 80.6 cm³/mol. The van der Waals surface area contributed by atoms with Crippen LogP contribution in [0.4, 0.5) is 0 Å². The summed E-state index contributed by atoms with van der Waals surface area (Å²) in [6.45, 7) is 0. The van der Waals surface area contributed by atoms with Gasteiger partial charge in [0.05, 0.1) is 22.3 Å². The minimum absolute atomic E-state index is 0.342. The van der Waals surface area contributed by atoms with E-state index in [4.69, 9.17) is 0 Å². The van der Waals surface area contributed by atoms with Crippen LogP contribution < -0.4 is 10.6 Å². The van der Waals surface area contributed by atoms with Crippen LogP contribution in [0, 0.1) is 0 Å². The van der Waals surface area contributed by atoms with Gasteiger partial charge >= 0.3 is 0 Å². The van der Waals surface area contributed by atoms with E-state index in [1.165, 1.54) is 11.8 Å². The molecule has 0 fully saturated rings. The van der Waals surface area contributed by atoms with Crippen molar-refractivity contribution in [3.63, 3.8) is 0 Å². The van der Waals surface area contributed by atoms with E-state index in [0.717, 1.165) is 9.79 Å². The number of hydrogen-bond acceptors (Lipinski definition) is 5. The molecule has 6 nitrogen and oxygen atoms in total. The minimum atomic E-state index is -0.411. The zero-order valence-corrected chi connectivity index (χ0v) is 12.3. The largest absolute Gasteiger partial charge is 0.288 e. The van der Waals surface area contributed by atoms with Gasteiger partial charge < -0.3 is 0 Å². The van der Waals surface area contributed by atoms with Crippen molar-refractivity contribution >= 4 is 35.4 Å². The number of nitrogens with one attached hydrogen (secondary N) is 2. The highest BCUT2D eigenvalue weighted by Gasteiger charge is 2.28. The number of benzene rings is 2. The first kappa shape index (κ1) is 13.7. The van der Waals surface area contributed by atoms with Crippen LogP contribution in [0.1, 0.15) is 41.4 Å². The summed E-state index contributed by atoms with van der Waals surface area (Å²) in [5.41, 5.74) is 1.40. The maximum atomic E-state index is 11.7. The Labute approximate surface area is 134 Å². The van der Waals surface area contributed by atoms with Crippen LogP contribution in [0.3, 0.4) is 0 Å². The number of carbonyl (C=O) groups excluding carboxylic acids is 4. The number of hydrogen-bond donors (Lipinski definition) is 2. The fourth-order valence-corrected chi connectivity index (χ4v) is 3.45. The maximum absolute atomic E-state index is 11.7. The minimum Gasteiger partial charge on any atom is -0.288 e. The lowest BCUT2D eigenvalue weighted by molar-refractivity contribution is 0.0863. The Kier molecular flexibility index (Phi) is 2.85. The van der Waals surface area contributed by atoms with Crippen molar-refractivity contribution in [2.24, 2.45) is 0 Å². The van der Waals surface area contributed by atoms with E-state index in [1.54, 1.807) is 36.4 Å². The predicted octanol–water partition coefficient (Wildman–Crippen LogP) is 1.61. The molecule has 0 atom stereocenters. The summed E-state index contributed by atoms with van der Waals surface area (Å²) in [6, 6.07) is 9.95. The van der Waals surface area contributed by atoms with Crippen molar-refractivity contribution in [3.8, 4) is 0 Å². The molecule has 2 aliphatic rings. The molecule has 2 aromatic rings. The number of imide groups is 2. The highest BCUT2D eigenvalue weighted by molar-refractivity contribution is 7.99. The highest BCUT2D eigenvalue weighted by Crippen LogP contribution is 2.32. The topological polar surface area (TPSA) is 92.3 Å². The van der Waals surface area contributed by atoms with E-state index < -0.39 is 23.6 Å². The standard InChI is InChI=1S/C16H8N2O4S/c19-13-9-3-1-7(5-11(9)15(21)17-13)23-8-2-4-10-12(6-8)16(22)18-14(10)20/h1-6H,(H,17,19,21)(H,18,20,22). The van der Waals surface area contributed by atoms with Crippen molar-refractivity contribution in [1.82, 2.24) is 10.6 Å².